The average molecular weight is 240 g/mol. The molecule has 1 unspecified atom stereocenters. The zero-order valence-corrected chi connectivity index (χ0v) is 11.3. The molecule has 0 aliphatic heterocycles. The van der Waals surface area contributed by atoms with Crippen molar-refractivity contribution in [3.8, 4) is 0 Å². The SMILES string of the molecule is CC(=O)c1ccc2c(c1)C1=C(CC2)CCC(C)C1. The molecule has 1 nitrogen and oxygen atoms in total. The number of carbonyl (C=O) groups excluding carboxylic acids is 1. The Bertz CT molecular complexity index is 537. The summed E-state index contributed by atoms with van der Waals surface area (Å²) in [5.41, 5.74) is 6.88. The third-order valence-corrected chi connectivity index (χ3v) is 4.46. The minimum Gasteiger partial charge on any atom is -0.295 e. The normalized spacial score (nSPS) is 22.4. The number of ketones is 1. The molecule has 3 rings (SSSR count). The lowest BCUT2D eigenvalue weighted by atomic mass is 9.75. The van der Waals surface area contributed by atoms with Gasteiger partial charge < -0.3 is 0 Å². The summed E-state index contributed by atoms with van der Waals surface area (Å²) in [6, 6.07) is 6.28. The molecule has 1 aromatic rings. The summed E-state index contributed by atoms with van der Waals surface area (Å²) in [5.74, 6) is 0.963. The second-order valence-electron chi connectivity index (χ2n) is 5.86. The Morgan fingerprint density at radius 1 is 1.22 bits per heavy atom. The second-order valence-corrected chi connectivity index (χ2v) is 5.86. The Morgan fingerprint density at radius 2 is 2.06 bits per heavy atom. The van der Waals surface area contributed by atoms with Crippen molar-refractivity contribution in [2.45, 2.75) is 46.0 Å². The van der Waals surface area contributed by atoms with Crippen LogP contribution in [0.2, 0.25) is 0 Å². The molecule has 1 heteroatoms. The predicted octanol–water partition coefficient (Wildman–Crippen LogP) is 4.41. The molecular formula is C17H20O. The fourth-order valence-corrected chi connectivity index (χ4v) is 3.32. The summed E-state index contributed by atoms with van der Waals surface area (Å²) in [5, 5.41) is 0. The van der Waals surface area contributed by atoms with Gasteiger partial charge in [0, 0.05) is 5.56 Å². The van der Waals surface area contributed by atoms with Gasteiger partial charge in [0.25, 0.3) is 0 Å². The van der Waals surface area contributed by atoms with Gasteiger partial charge in [-0.05, 0) is 67.7 Å². The zero-order chi connectivity index (χ0) is 12.7. The van der Waals surface area contributed by atoms with E-state index in [-0.39, 0.29) is 5.78 Å². The third-order valence-electron chi connectivity index (χ3n) is 4.46. The van der Waals surface area contributed by atoms with Crippen molar-refractivity contribution in [3.63, 3.8) is 0 Å². The molecule has 2 aliphatic rings. The molecule has 1 aromatic carbocycles. The topological polar surface area (TPSA) is 17.1 Å². The van der Waals surface area contributed by atoms with Crippen LogP contribution < -0.4 is 0 Å². The highest BCUT2D eigenvalue weighted by atomic mass is 16.1. The highest BCUT2D eigenvalue weighted by Crippen LogP contribution is 2.42. The van der Waals surface area contributed by atoms with Crippen LogP contribution in [0.3, 0.4) is 0 Å². The van der Waals surface area contributed by atoms with E-state index in [4.69, 9.17) is 0 Å². The molecule has 0 spiro atoms. The van der Waals surface area contributed by atoms with Crippen LogP contribution in [-0.2, 0) is 6.42 Å². The van der Waals surface area contributed by atoms with Crippen molar-refractivity contribution in [2.24, 2.45) is 5.92 Å². The van der Waals surface area contributed by atoms with Crippen LogP contribution in [0.4, 0.5) is 0 Å². The molecule has 18 heavy (non-hydrogen) atoms. The Morgan fingerprint density at radius 3 is 2.83 bits per heavy atom. The number of allylic oxidation sites excluding steroid dienone is 2. The highest BCUT2D eigenvalue weighted by molar-refractivity contribution is 5.95. The smallest absolute Gasteiger partial charge is 0.159 e. The minimum absolute atomic E-state index is 0.175. The first-order chi connectivity index (χ1) is 8.65. The summed E-state index contributed by atoms with van der Waals surface area (Å²) in [7, 11) is 0. The summed E-state index contributed by atoms with van der Waals surface area (Å²) in [4.78, 5) is 11.5. The van der Waals surface area contributed by atoms with Gasteiger partial charge in [-0.2, -0.15) is 0 Å². The average Bonchev–Trinajstić information content (AvgIpc) is 2.37. The van der Waals surface area contributed by atoms with Crippen molar-refractivity contribution >= 4 is 11.4 Å². The van der Waals surface area contributed by atoms with E-state index >= 15 is 0 Å². The molecule has 0 aromatic heterocycles. The summed E-state index contributed by atoms with van der Waals surface area (Å²) in [6.45, 7) is 4.00. The fraction of sp³-hybridized carbons (Fsp3) is 0.471. The van der Waals surface area contributed by atoms with E-state index in [9.17, 15) is 4.79 Å². The molecule has 0 bridgehead atoms. The van der Waals surface area contributed by atoms with Crippen molar-refractivity contribution in [2.75, 3.05) is 0 Å². The highest BCUT2D eigenvalue weighted by Gasteiger charge is 2.24. The standard InChI is InChI=1S/C17H20O/c1-11-3-4-13-5-6-14-7-8-15(12(2)18)10-17(14)16(13)9-11/h7-8,10-11H,3-6,9H2,1-2H3. The molecule has 0 radical (unpaired) electrons. The van der Waals surface area contributed by atoms with Gasteiger partial charge in [-0.25, -0.2) is 0 Å². The van der Waals surface area contributed by atoms with E-state index in [1.54, 1.807) is 18.1 Å². The molecular weight excluding hydrogens is 220 g/mol. The van der Waals surface area contributed by atoms with Gasteiger partial charge in [-0.3, -0.25) is 4.79 Å². The van der Waals surface area contributed by atoms with Crippen molar-refractivity contribution in [1.82, 2.24) is 0 Å². The molecule has 0 saturated carbocycles. The van der Waals surface area contributed by atoms with Crippen LogP contribution in [0.25, 0.3) is 5.57 Å². The Hall–Kier alpha value is -1.37. The lowest BCUT2D eigenvalue weighted by molar-refractivity contribution is 0.101. The number of benzene rings is 1. The number of hydrogen-bond acceptors (Lipinski definition) is 1. The van der Waals surface area contributed by atoms with Gasteiger partial charge in [0.2, 0.25) is 0 Å². The van der Waals surface area contributed by atoms with E-state index in [0.717, 1.165) is 17.9 Å². The quantitative estimate of drug-likeness (QED) is 0.664. The maximum atomic E-state index is 11.5. The third kappa shape index (κ3) is 1.92. The maximum Gasteiger partial charge on any atom is 0.159 e. The van der Waals surface area contributed by atoms with Crippen molar-refractivity contribution in [1.29, 1.82) is 0 Å². The summed E-state index contributed by atoms with van der Waals surface area (Å²) in [6.07, 6.45) is 6.18. The van der Waals surface area contributed by atoms with Gasteiger partial charge in [-0.15, -0.1) is 0 Å². The molecule has 94 valence electrons. The van der Waals surface area contributed by atoms with E-state index in [1.165, 1.54) is 36.8 Å². The van der Waals surface area contributed by atoms with Gasteiger partial charge in [0.15, 0.2) is 5.78 Å². The number of hydrogen-bond donors (Lipinski definition) is 0. The number of Topliss-reactive ketones (excluding diaryl/α,β-unsaturated/α-hetero) is 1. The van der Waals surface area contributed by atoms with Crippen LogP contribution in [0.1, 0.15) is 61.0 Å². The summed E-state index contributed by atoms with van der Waals surface area (Å²) >= 11 is 0. The number of fused-ring (bicyclic) bond motifs is 2. The molecule has 2 aliphatic carbocycles. The van der Waals surface area contributed by atoms with Crippen LogP contribution in [0, 0.1) is 5.92 Å². The monoisotopic (exact) mass is 240 g/mol. The van der Waals surface area contributed by atoms with E-state index in [1.807, 2.05) is 6.07 Å². The maximum absolute atomic E-state index is 11.5. The van der Waals surface area contributed by atoms with Crippen LogP contribution in [-0.4, -0.2) is 5.78 Å². The predicted molar refractivity (Wildman–Crippen MR) is 74.7 cm³/mol. The van der Waals surface area contributed by atoms with Gasteiger partial charge in [0.05, 0.1) is 0 Å². The first-order valence-electron chi connectivity index (χ1n) is 7.00. The fourth-order valence-electron chi connectivity index (χ4n) is 3.32. The van der Waals surface area contributed by atoms with Crippen molar-refractivity contribution < 1.29 is 4.79 Å². The molecule has 0 N–H and O–H groups in total. The molecule has 0 amide bonds. The van der Waals surface area contributed by atoms with Gasteiger partial charge in [-0.1, -0.05) is 24.6 Å². The summed E-state index contributed by atoms with van der Waals surface area (Å²) < 4.78 is 0. The van der Waals surface area contributed by atoms with Crippen LogP contribution >= 0.6 is 0 Å². The van der Waals surface area contributed by atoms with E-state index < -0.39 is 0 Å². The minimum atomic E-state index is 0.175. The molecule has 1 atom stereocenters. The Balaban J connectivity index is 2.10. The molecule has 0 fully saturated rings. The lowest BCUT2D eigenvalue weighted by Gasteiger charge is -2.30. The van der Waals surface area contributed by atoms with E-state index in [2.05, 4.69) is 19.1 Å². The molecule has 0 heterocycles. The first kappa shape index (κ1) is 11.7. The second kappa shape index (κ2) is 4.38. The van der Waals surface area contributed by atoms with E-state index in [0.29, 0.717) is 0 Å². The molecule has 0 saturated heterocycles. The first-order valence-corrected chi connectivity index (χ1v) is 7.00. The Kier molecular flexibility index (Phi) is 2.85. The number of aryl methyl sites for hydroxylation is 1. The zero-order valence-electron chi connectivity index (χ0n) is 11.3. The Labute approximate surface area is 109 Å². The number of rotatable bonds is 1. The lowest BCUT2D eigenvalue weighted by Crippen LogP contribution is -2.14. The van der Waals surface area contributed by atoms with Gasteiger partial charge >= 0.3 is 0 Å². The van der Waals surface area contributed by atoms with Gasteiger partial charge in [0.1, 0.15) is 0 Å². The largest absolute Gasteiger partial charge is 0.295 e. The van der Waals surface area contributed by atoms with Crippen LogP contribution in [0.15, 0.2) is 23.8 Å². The number of carbonyl (C=O) groups is 1. The van der Waals surface area contributed by atoms with Crippen LogP contribution in [0.5, 0.6) is 0 Å². The van der Waals surface area contributed by atoms with Crippen molar-refractivity contribution in [3.05, 3.63) is 40.5 Å².